The Morgan fingerprint density at radius 2 is 1.93 bits per heavy atom. The molecule has 84 valence electrons. The average Bonchev–Trinajstić information content (AvgIpc) is 2.31. The molecule has 1 unspecified atom stereocenters. The normalized spacial score (nSPS) is 12.7. The fourth-order valence-electron chi connectivity index (χ4n) is 1.70. The molecule has 0 aliphatic rings. The van der Waals surface area contributed by atoms with Crippen molar-refractivity contribution in [2.24, 2.45) is 0 Å². The molecule has 0 bridgehead atoms. The summed E-state index contributed by atoms with van der Waals surface area (Å²) in [6.07, 6.45) is 2.11. The summed E-state index contributed by atoms with van der Waals surface area (Å²) in [6, 6.07) is 9.21. The molecule has 0 heterocycles. The van der Waals surface area contributed by atoms with E-state index in [1.165, 1.54) is 11.1 Å². The molecule has 2 heteroatoms. The van der Waals surface area contributed by atoms with Crippen LogP contribution in [0, 0.1) is 0 Å². The molecule has 2 nitrogen and oxygen atoms in total. The van der Waals surface area contributed by atoms with E-state index >= 15 is 0 Å². The Morgan fingerprint density at radius 1 is 1.27 bits per heavy atom. The number of aryl methyl sites for hydroxylation is 1. The lowest BCUT2D eigenvalue weighted by Crippen LogP contribution is -2.18. The van der Waals surface area contributed by atoms with Crippen LogP contribution >= 0.6 is 0 Å². The zero-order valence-corrected chi connectivity index (χ0v) is 9.92. The highest BCUT2D eigenvalue weighted by molar-refractivity contribution is 5.24. The molecule has 0 aromatic heterocycles. The van der Waals surface area contributed by atoms with E-state index < -0.39 is 0 Å². The molecule has 0 aliphatic carbocycles. The zero-order valence-electron chi connectivity index (χ0n) is 9.92. The summed E-state index contributed by atoms with van der Waals surface area (Å²) in [4.78, 5) is 0. The lowest BCUT2D eigenvalue weighted by Gasteiger charge is -2.16. The number of benzene rings is 1. The zero-order chi connectivity index (χ0) is 11.1. The number of rotatable bonds is 6. The van der Waals surface area contributed by atoms with Gasteiger partial charge in [-0.25, -0.2) is 0 Å². The van der Waals surface area contributed by atoms with E-state index in [-0.39, 0.29) is 0 Å². The van der Waals surface area contributed by atoms with Crippen molar-refractivity contribution in [2.45, 2.75) is 25.8 Å². The van der Waals surface area contributed by atoms with Crippen LogP contribution < -0.4 is 5.32 Å². The molecule has 0 fully saturated rings. The fourth-order valence-corrected chi connectivity index (χ4v) is 1.70. The van der Waals surface area contributed by atoms with E-state index in [9.17, 15) is 0 Å². The van der Waals surface area contributed by atoms with Crippen LogP contribution in [-0.4, -0.2) is 20.8 Å². The number of hydrogen-bond donors (Lipinski definition) is 1. The Bertz CT molecular complexity index is 268. The fraction of sp³-hybridized carbons (Fsp3) is 0.538. The monoisotopic (exact) mass is 207 g/mol. The predicted molar refractivity (Wildman–Crippen MR) is 64.1 cm³/mol. The van der Waals surface area contributed by atoms with Crippen LogP contribution in [0.3, 0.4) is 0 Å². The minimum Gasteiger partial charge on any atom is -0.385 e. The molecule has 1 rings (SSSR count). The minimum atomic E-state index is 0.399. The van der Waals surface area contributed by atoms with Crippen LogP contribution in [0.5, 0.6) is 0 Å². The maximum atomic E-state index is 5.10. The topological polar surface area (TPSA) is 21.3 Å². The van der Waals surface area contributed by atoms with Gasteiger partial charge in [0.15, 0.2) is 0 Å². The van der Waals surface area contributed by atoms with Crippen LogP contribution in [0.1, 0.15) is 30.5 Å². The van der Waals surface area contributed by atoms with Gasteiger partial charge in [-0.15, -0.1) is 0 Å². The quantitative estimate of drug-likeness (QED) is 0.774. The van der Waals surface area contributed by atoms with Crippen molar-refractivity contribution in [1.82, 2.24) is 5.32 Å². The minimum absolute atomic E-state index is 0.399. The van der Waals surface area contributed by atoms with Gasteiger partial charge in [-0.2, -0.15) is 0 Å². The third kappa shape index (κ3) is 3.65. The van der Waals surface area contributed by atoms with Crippen LogP contribution in [-0.2, 0) is 11.2 Å². The average molecular weight is 207 g/mol. The first-order valence-electron chi connectivity index (χ1n) is 5.56. The van der Waals surface area contributed by atoms with E-state index in [1.807, 2.05) is 7.05 Å². The molecule has 1 aromatic carbocycles. The lowest BCUT2D eigenvalue weighted by molar-refractivity contribution is 0.184. The van der Waals surface area contributed by atoms with Crippen LogP contribution in [0.4, 0.5) is 0 Å². The molecular formula is C13H21NO. The maximum absolute atomic E-state index is 5.10. The second-order valence-corrected chi connectivity index (χ2v) is 3.72. The van der Waals surface area contributed by atoms with Gasteiger partial charge in [0.2, 0.25) is 0 Å². The van der Waals surface area contributed by atoms with Gasteiger partial charge in [-0.3, -0.25) is 0 Å². The summed E-state index contributed by atoms with van der Waals surface area (Å²) in [6.45, 7) is 2.97. The van der Waals surface area contributed by atoms with Gasteiger partial charge in [0, 0.05) is 19.8 Å². The lowest BCUT2D eigenvalue weighted by atomic mass is 10.0. The predicted octanol–water partition coefficient (Wildman–Crippen LogP) is 2.55. The molecular weight excluding hydrogens is 186 g/mol. The Hall–Kier alpha value is -0.860. The molecule has 0 spiro atoms. The summed E-state index contributed by atoms with van der Waals surface area (Å²) in [5.41, 5.74) is 2.73. The molecule has 1 aromatic rings. The third-order valence-electron chi connectivity index (χ3n) is 2.75. The highest BCUT2D eigenvalue weighted by Gasteiger charge is 2.07. The first-order chi connectivity index (χ1) is 7.31. The van der Waals surface area contributed by atoms with Crippen molar-refractivity contribution in [3.63, 3.8) is 0 Å². The molecule has 0 radical (unpaired) electrons. The van der Waals surface area contributed by atoms with Gasteiger partial charge >= 0.3 is 0 Å². The SMILES string of the molecule is CCc1ccc(C(CCOC)NC)cc1. The van der Waals surface area contributed by atoms with E-state index in [1.54, 1.807) is 7.11 Å². The standard InChI is InChI=1S/C13H21NO/c1-4-11-5-7-12(8-6-11)13(14-2)9-10-15-3/h5-8,13-14H,4,9-10H2,1-3H3. The summed E-state index contributed by atoms with van der Waals surface area (Å²) in [5, 5.41) is 3.31. The number of methoxy groups -OCH3 is 1. The molecule has 0 amide bonds. The van der Waals surface area contributed by atoms with Gasteiger partial charge in [0.05, 0.1) is 0 Å². The summed E-state index contributed by atoms with van der Waals surface area (Å²) < 4.78 is 5.10. The summed E-state index contributed by atoms with van der Waals surface area (Å²) in [5.74, 6) is 0. The van der Waals surface area contributed by atoms with E-state index in [0.717, 1.165) is 19.4 Å². The first kappa shape index (κ1) is 12.2. The highest BCUT2D eigenvalue weighted by atomic mass is 16.5. The molecule has 15 heavy (non-hydrogen) atoms. The second-order valence-electron chi connectivity index (χ2n) is 3.72. The Kier molecular flexibility index (Phi) is 5.37. The molecule has 0 aliphatic heterocycles. The Labute approximate surface area is 92.6 Å². The third-order valence-corrected chi connectivity index (χ3v) is 2.75. The van der Waals surface area contributed by atoms with Crippen LogP contribution in [0.2, 0.25) is 0 Å². The van der Waals surface area contributed by atoms with Gasteiger partial charge in [-0.1, -0.05) is 31.2 Å². The number of ether oxygens (including phenoxy) is 1. The van der Waals surface area contributed by atoms with Crippen molar-refractivity contribution in [1.29, 1.82) is 0 Å². The largest absolute Gasteiger partial charge is 0.385 e. The van der Waals surface area contributed by atoms with Crippen molar-refractivity contribution < 1.29 is 4.74 Å². The van der Waals surface area contributed by atoms with Gasteiger partial charge in [0.25, 0.3) is 0 Å². The van der Waals surface area contributed by atoms with Crippen molar-refractivity contribution in [2.75, 3.05) is 20.8 Å². The van der Waals surface area contributed by atoms with Gasteiger partial charge < -0.3 is 10.1 Å². The summed E-state index contributed by atoms with van der Waals surface area (Å²) >= 11 is 0. The van der Waals surface area contributed by atoms with Crippen molar-refractivity contribution in [3.05, 3.63) is 35.4 Å². The number of hydrogen-bond acceptors (Lipinski definition) is 2. The van der Waals surface area contributed by atoms with Gasteiger partial charge in [0.1, 0.15) is 0 Å². The van der Waals surface area contributed by atoms with Crippen LogP contribution in [0.25, 0.3) is 0 Å². The van der Waals surface area contributed by atoms with E-state index in [2.05, 4.69) is 36.5 Å². The van der Waals surface area contributed by atoms with Crippen molar-refractivity contribution >= 4 is 0 Å². The molecule has 0 saturated carbocycles. The van der Waals surface area contributed by atoms with Gasteiger partial charge in [-0.05, 0) is 31.0 Å². The van der Waals surface area contributed by atoms with E-state index in [0.29, 0.717) is 6.04 Å². The molecule has 1 N–H and O–H groups in total. The maximum Gasteiger partial charge on any atom is 0.0480 e. The summed E-state index contributed by atoms with van der Waals surface area (Å²) in [7, 11) is 3.74. The van der Waals surface area contributed by atoms with Crippen molar-refractivity contribution in [3.8, 4) is 0 Å². The smallest absolute Gasteiger partial charge is 0.0480 e. The first-order valence-corrected chi connectivity index (χ1v) is 5.56. The van der Waals surface area contributed by atoms with E-state index in [4.69, 9.17) is 4.74 Å². The number of nitrogens with one attached hydrogen (secondary N) is 1. The molecule has 0 saturated heterocycles. The highest BCUT2D eigenvalue weighted by Crippen LogP contribution is 2.17. The Balaban J connectivity index is 2.65. The Morgan fingerprint density at radius 3 is 2.40 bits per heavy atom. The molecule has 1 atom stereocenters. The van der Waals surface area contributed by atoms with Crippen LogP contribution in [0.15, 0.2) is 24.3 Å². The second kappa shape index (κ2) is 6.59.